The molecule has 0 aromatic heterocycles. The Kier molecular flexibility index (Phi) is 6.99. The van der Waals surface area contributed by atoms with Crippen LogP contribution in [0.3, 0.4) is 0 Å². The van der Waals surface area contributed by atoms with Crippen LogP contribution in [0.1, 0.15) is 24.8 Å². The second-order valence-corrected chi connectivity index (χ2v) is 6.16. The van der Waals surface area contributed by atoms with Crippen molar-refractivity contribution in [2.75, 3.05) is 26.2 Å². The summed E-state index contributed by atoms with van der Waals surface area (Å²) in [5.41, 5.74) is 5.73. The van der Waals surface area contributed by atoms with E-state index in [1.54, 1.807) is 6.07 Å². The smallest absolute Gasteiger partial charge is 0.314 e. The highest BCUT2D eigenvalue weighted by atomic mass is 19.1. The van der Waals surface area contributed by atoms with Gasteiger partial charge < -0.3 is 16.4 Å². The summed E-state index contributed by atoms with van der Waals surface area (Å²) >= 11 is 0. The molecule has 1 aliphatic heterocycles. The normalized spacial score (nSPS) is 15.9. The Morgan fingerprint density at radius 2 is 1.92 bits per heavy atom. The van der Waals surface area contributed by atoms with Crippen LogP contribution in [0.4, 0.5) is 9.18 Å². The van der Waals surface area contributed by atoms with Crippen molar-refractivity contribution in [3.8, 4) is 0 Å². The molecule has 1 fully saturated rings. The SMILES string of the molecule is NC(=O)CCNC(=O)NCC1CCN(Cc2ccccc2F)CC1. The van der Waals surface area contributed by atoms with Crippen LogP contribution >= 0.6 is 0 Å². The number of nitrogens with one attached hydrogen (secondary N) is 2. The average Bonchev–Trinajstić information content (AvgIpc) is 2.56. The number of piperidine rings is 1. The lowest BCUT2D eigenvalue weighted by Gasteiger charge is -2.32. The summed E-state index contributed by atoms with van der Waals surface area (Å²) in [6.07, 6.45) is 2.08. The molecule has 1 heterocycles. The first-order valence-electron chi connectivity index (χ1n) is 8.30. The lowest BCUT2D eigenvalue weighted by atomic mass is 9.96. The van der Waals surface area contributed by atoms with Crippen LogP contribution in [0.15, 0.2) is 24.3 Å². The van der Waals surface area contributed by atoms with Gasteiger partial charge in [0.1, 0.15) is 5.82 Å². The molecule has 1 aromatic carbocycles. The zero-order chi connectivity index (χ0) is 17.4. The Bertz CT molecular complexity index is 559. The summed E-state index contributed by atoms with van der Waals surface area (Å²) in [4.78, 5) is 24.4. The van der Waals surface area contributed by atoms with E-state index in [1.807, 2.05) is 12.1 Å². The summed E-state index contributed by atoms with van der Waals surface area (Å²) in [6, 6.07) is 6.59. The van der Waals surface area contributed by atoms with E-state index < -0.39 is 5.91 Å². The molecular weight excluding hydrogens is 311 g/mol. The summed E-state index contributed by atoms with van der Waals surface area (Å²) in [5.74, 6) is -0.171. The van der Waals surface area contributed by atoms with Gasteiger partial charge >= 0.3 is 6.03 Å². The van der Waals surface area contributed by atoms with Crippen LogP contribution in [-0.4, -0.2) is 43.0 Å². The van der Waals surface area contributed by atoms with E-state index in [4.69, 9.17) is 5.73 Å². The lowest BCUT2D eigenvalue weighted by molar-refractivity contribution is -0.117. The Morgan fingerprint density at radius 1 is 1.21 bits per heavy atom. The van der Waals surface area contributed by atoms with Gasteiger partial charge in [-0.05, 0) is 37.9 Å². The molecule has 1 aliphatic rings. The molecular formula is C17H25FN4O2. The Balaban J connectivity index is 1.63. The number of halogens is 1. The molecule has 132 valence electrons. The predicted molar refractivity (Wildman–Crippen MR) is 89.6 cm³/mol. The Labute approximate surface area is 141 Å². The van der Waals surface area contributed by atoms with Crippen LogP contribution in [0.2, 0.25) is 0 Å². The molecule has 7 heteroatoms. The molecule has 0 saturated carbocycles. The monoisotopic (exact) mass is 336 g/mol. The molecule has 0 aliphatic carbocycles. The number of primary amides is 1. The fraction of sp³-hybridized carbons (Fsp3) is 0.529. The number of carbonyl (C=O) groups excluding carboxylic acids is 2. The summed E-state index contributed by atoms with van der Waals surface area (Å²) in [5, 5.41) is 5.42. The molecule has 24 heavy (non-hydrogen) atoms. The van der Waals surface area contributed by atoms with Gasteiger partial charge in [0.2, 0.25) is 5.91 Å². The molecule has 2 rings (SSSR count). The maximum atomic E-state index is 13.7. The van der Waals surface area contributed by atoms with Crippen LogP contribution in [0, 0.1) is 11.7 Å². The summed E-state index contributed by atoms with van der Waals surface area (Å²) in [6.45, 7) is 3.27. The lowest BCUT2D eigenvalue weighted by Crippen LogP contribution is -2.42. The number of carbonyl (C=O) groups is 2. The van der Waals surface area contributed by atoms with Crippen molar-refractivity contribution in [2.45, 2.75) is 25.8 Å². The van der Waals surface area contributed by atoms with Crippen molar-refractivity contribution < 1.29 is 14.0 Å². The van der Waals surface area contributed by atoms with Crippen molar-refractivity contribution in [3.63, 3.8) is 0 Å². The zero-order valence-corrected chi connectivity index (χ0v) is 13.8. The number of benzene rings is 1. The highest BCUT2D eigenvalue weighted by Crippen LogP contribution is 2.19. The van der Waals surface area contributed by atoms with E-state index in [1.165, 1.54) is 6.07 Å². The first kappa shape index (κ1) is 18.2. The molecule has 0 unspecified atom stereocenters. The van der Waals surface area contributed by atoms with Crippen molar-refractivity contribution in [1.29, 1.82) is 0 Å². The van der Waals surface area contributed by atoms with E-state index in [2.05, 4.69) is 15.5 Å². The minimum absolute atomic E-state index is 0.141. The first-order chi connectivity index (χ1) is 11.5. The molecule has 1 saturated heterocycles. The van der Waals surface area contributed by atoms with Crippen LogP contribution in [0.5, 0.6) is 0 Å². The Morgan fingerprint density at radius 3 is 2.58 bits per heavy atom. The largest absolute Gasteiger partial charge is 0.370 e. The van der Waals surface area contributed by atoms with Gasteiger partial charge in [-0.15, -0.1) is 0 Å². The van der Waals surface area contributed by atoms with E-state index in [9.17, 15) is 14.0 Å². The summed E-state index contributed by atoms with van der Waals surface area (Å²) < 4.78 is 13.7. The predicted octanol–water partition coefficient (Wildman–Crippen LogP) is 1.21. The molecule has 0 spiro atoms. The minimum atomic E-state index is -0.433. The van der Waals surface area contributed by atoms with E-state index in [0.29, 0.717) is 19.0 Å². The number of nitrogens with zero attached hydrogens (tertiary/aromatic N) is 1. The van der Waals surface area contributed by atoms with Gasteiger partial charge in [0, 0.05) is 31.6 Å². The Hall–Kier alpha value is -2.15. The average molecular weight is 336 g/mol. The number of amides is 3. The molecule has 3 amide bonds. The number of nitrogens with two attached hydrogens (primary N) is 1. The van der Waals surface area contributed by atoms with E-state index in [-0.39, 0.29) is 24.8 Å². The second kappa shape index (κ2) is 9.22. The second-order valence-electron chi connectivity index (χ2n) is 6.16. The fourth-order valence-corrected chi connectivity index (χ4v) is 2.81. The first-order valence-corrected chi connectivity index (χ1v) is 8.30. The van der Waals surface area contributed by atoms with Crippen molar-refractivity contribution in [3.05, 3.63) is 35.6 Å². The maximum Gasteiger partial charge on any atom is 0.314 e. The standard InChI is InChI=1S/C17H25FN4O2/c18-15-4-2-1-3-14(15)12-22-9-6-13(7-10-22)11-21-17(24)20-8-5-16(19)23/h1-4,13H,5-12H2,(H2,19,23)(H2,20,21,24). The van der Waals surface area contributed by atoms with Crippen LogP contribution in [0.25, 0.3) is 0 Å². The third-order valence-corrected chi connectivity index (χ3v) is 4.27. The van der Waals surface area contributed by atoms with Gasteiger partial charge in [-0.2, -0.15) is 0 Å². The number of hydrogen-bond acceptors (Lipinski definition) is 3. The van der Waals surface area contributed by atoms with Crippen LogP contribution in [-0.2, 0) is 11.3 Å². The number of hydrogen-bond donors (Lipinski definition) is 3. The van der Waals surface area contributed by atoms with Crippen LogP contribution < -0.4 is 16.4 Å². The van der Waals surface area contributed by atoms with Gasteiger partial charge in [-0.25, -0.2) is 9.18 Å². The fourth-order valence-electron chi connectivity index (χ4n) is 2.81. The highest BCUT2D eigenvalue weighted by Gasteiger charge is 2.20. The van der Waals surface area contributed by atoms with Gasteiger partial charge in [-0.1, -0.05) is 18.2 Å². The number of likely N-dealkylation sites (tertiary alicyclic amines) is 1. The topological polar surface area (TPSA) is 87.5 Å². The highest BCUT2D eigenvalue weighted by molar-refractivity contribution is 5.76. The van der Waals surface area contributed by atoms with Gasteiger partial charge in [0.25, 0.3) is 0 Å². The van der Waals surface area contributed by atoms with Crippen molar-refractivity contribution in [1.82, 2.24) is 15.5 Å². The maximum absolute atomic E-state index is 13.7. The third-order valence-electron chi connectivity index (χ3n) is 4.27. The molecule has 0 radical (unpaired) electrons. The quantitative estimate of drug-likeness (QED) is 0.699. The summed E-state index contributed by atoms with van der Waals surface area (Å²) in [7, 11) is 0. The molecule has 0 atom stereocenters. The van der Waals surface area contributed by atoms with Gasteiger partial charge in [-0.3, -0.25) is 9.69 Å². The van der Waals surface area contributed by atoms with E-state index in [0.717, 1.165) is 31.5 Å². The van der Waals surface area contributed by atoms with E-state index >= 15 is 0 Å². The minimum Gasteiger partial charge on any atom is -0.370 e. The molecule has 4 N–H and O–H groups in total. The van der Waals surface area contributed by atoms with Gasteiger partial charge in [0.15, 0.2) is 0 Å². The molecule has 1 aromatic rings. The van der Waals surface area contributed by atoms with Gasteiger partial charge in [0.05, 0.1) is 0 Å². The van der Waals surface area contributed by atoms with Crippen molar-refractivity contribution >= 4 is 11.9 Å². The molecule has 6 nitrogen and oxygen atoms in total. The van der Waals surface area contributed by atoms with Crippen molar-refractivity contribution in [2.24, 2.45) is 11.7 Å². The molecule has 0 bridgehead atoms. The zero-order valence-electron chi connectivity index (χ0n) is 13.8. The number of urea groups is 1. The number of rotatable bonds is 7. The third kappa shape index (κ3) is 6.16.